The van der Waals surface area contributed by atoms with Crippen molar-refractivity contribution in [1.82, 2.24) is 9.78 Å². The van der Waals surface area contributed by atoms with Crippen LogP contribution in [0.3, 0.4) is 0 Å². The fraction of sp³-hybridized carbons (Fsp3) is 0.100. The number of nitrogens with zero attached hydrogens (tertiary/aromatic N) is 2. The van der Waals surface area contributed by atoms with Gasteiger partial charge in [-0.2, -0.15) is 5.10 Å². The average molecular weight is 270 g/mol. The van der Waals surface area contributed by atoms with Crippen LogP contribution in [0.5, 0.6) is 0 Å². The van der Waals surface area contributed by atoms with Gasteiger partial charge in [-0.3, -0.25) is 4.68 Å². The molecule has 2 rings (SSSR count). The molecule has 0 aliphatic heterocycles. The Balaban J connectivity index is 2.68. The van der Waals surface area contributed by atoms with Crippen molar-refractivity contribution in [2.24, 2.45) is 7.05 Å². The predicted octanol–water partition coefficient (Wildman–Crippen LogP) is 2.57. The molecule has 0 unspecified atom stereocenters. The minimum Gasteiger partial charge on any atom is -0.396 e. The van der Waals surface area contributed by atoms with E-state index in [4.69, 9.17) is 5.73 Å². The first kappa shape index (κ1) is 10.2. The van der Waals surface area contributed by atoms with Crippen molar-refractivity contribution < 1.29 is 4.39 Å². The van der Waals surface area contributed by atoms with E-state index < -0.39 is 0 Å². The largest absolute Gasteiger partial charge is 0.396 e. The van der Waals surface area contributed by atoms with Gasteiger partial charge in [0.1, 0.15) is 5.82 Å². The number of nitrogen functional groups attached to an aromatic ring is 1. The van der Waals surface area contributed by atoms with Crippen LogP contribution in [0.15, 0.2) is 28.9 Å². The number of halogens is 2. The van der Waals surface area contributed by atoms with Gasteiger partial charge in [0.2, 0.25) is 0 Å². The number of nitrogens with two attached hydrogens (primary N) is 1. The quantitative estimate of drug-likeness (QED) is 0.865. The minimum absolute atomic E-state index is 0.297. The second-order valence-corrected chi connectivity index (χ2v) is 4.05. The monoisotopic (exact) mass is 269 g/mol. The van der Waals surface area contributed by atoms with E-state index in [2.05, 4.69) is 21.0 Å². The highest BCUT2D eigenvalue weighted by Crippen LogP contribution is 2.32. The summed E-state index contributed by atoms with van der Waals surface area (Å²) in [5, 5.41) is 4.01. The van der Waals surface area contributed by atoms with Crippen LogP contribution in [0.4, 0.5) is 10.1 Å². The van der Waals surface area contributed by atoms with E-state index in [0.717, 1.165) is 4.47 Å². The Hall–Kier alpha value is -1.36. The second-order valence-electron chi connectivity index (χ2n) is 3.20. The van der Waals surface area contributed by atoms with Gasteiger partial charge in [-0.25, -0.2) is 4.39 Å². The highest BCUT2D eigenvalue weighted by Gasteiger charge is 2.12. The van der Waals surface area contributed by atoms with E-state index in [1.165, 1.54) is 12.1 Å². The first-order valence-corrected chi connectivity index (χ1v) is 5.12. The number of hydrogen-bond donors (Lipinski definition) is 1. The Labute approximate surface area is 94.8 Å². The predicted molar refractivity (Wildman–Crippen MR) is 60.7 cm³/mol. The number of rotatable bonds is 1. The molecule has 78 valence electrons. The molecule has 0 spiro atoms. The van der Waals surface area contributed by atoms with Crippen molar-refractivity contribution in [1.29, 1.82) is 0 Å². The van der Waals surface area contributed by atoms with E-state index in [9.17, 15) is 4.39 Å². The molecule has 0 aliphatic rings. The van der Waals surface area contributed by atoms with E-state index >= 15 is 0 Å². The van der Waals surface area contributed by atoms with Crippen molar-refractivity contribution in [3.05, 3.63) is 34.7 Å². The van der Waals surface area contributed by atoms with Gasteiger partial charge in [0.05, 0.1) is 17.6 Å². The first-order chi connectivity index (χ1) is 7.09. The molecule has 15 heavy (non-hydrogen) atoms. The molecule has 2 N–H and O–H groups in total. The van der Waals surface area contributed by atoms with Crippen LogP contribution in [0.25, 0.3) is 11.3 Å². The van der Waals surface area contributed by atoms with Crippen LogP contribution in [-0.4, -0.2) is 9.78 Å². The SMILES string of the molecule is Cn1ncc(N)c1-c1cc(F)ccc1Br. The molecule has 3 nitrogen and oxygen atoms in total. The zero-order chi connectivity index (χ0) is 11.0. The maximum atomic E-state index is 13.1. The minimum atomic E-state index is -0.297. The van der Waals surface area contributed by atoms with Crippen molar-refractivity contribution in [2.45, 2.75) is 0 Å². The number of aromatic nitrogens is 2. The third-order valence-corrected chi connectivity index (χ3v) is 2.84. The summed E-state index contributed by atoms with van der Waals surface area (Å²) in [7, 11) is 1.77. The van der Waals surface area contributed by atoms with Gasteiger partial charge >= 0.3 is 0 Å². The lowest BCUT2D eigenvalue weighted by Crippen LogP contribution is -1.97. The standard InChI is InChI=1S/C10H9BrFN3/c1-15-10(9(13)5-14-15)7-4-6(12)2-3-8(7)11/h2-5H,13H2,1H3. The van der Waals surface area contributed by atoms with Crippen LogP contribution in [0.1, 0.15) is 0 Å². The van der Waals surface area contributed by atoms with Gasteiger partial charge < -0.3 is 5.73 Å². The van der Waals surface area contributed by atoms with Crippen molar-refractivity contribution in [3.8, 4) is 11.3 Å². The van der Waals surface area contributed by atoms with E-state index in [1.54, 1.807) is 24.0 Å². The molecule has 0 atom stereocenters. The summed E-state index contributed by atoms with van der Waals surface area (Å²) in [5.41, 5.74) is 7.71. The third kappa shape index (κ3) is 1.74. The fourth-order valence-electron chi connectivity index (χ4n) is 1.46. The van der Waals surface area contributed by atoms with E-state index in [-0.39, 0.29) is 5.82 Å². The zero-order valence-electron chi connectivity index (χ0n) is 8.04. The molecule has 0 saturated carbocycles. The molecule has 0 saturated heterocycles. The van der Waals surface area contributed by atoms with Gasteiger partial charge in [-0.05, 0) is 18.2 Å². The summed E-state index contributed by atoms with van der Waals surface area (Å²) in [6.07, 6.45) is 1.55. The average Bonchev–Trinajstić information content (AvgIpc) is 2.51. The lowest BCUT2D eigenvalue weighted by Gasteiger charge is -2.06. The fourth-order valence-corrected chi connectivity index (χ4v) is 1.90. The number of anilines is 1. The van der Waals surface area contributed by atoms with Gasteiger partial charge in [0.15, 0.2) is 0 Å². The second kappa shape index (κ2) is 3.66. The van der Waals surface area contributed by atoms with E-state index in [0.29, 0.717) is 16.9 Å². The smallest absolute Gasteiger partial charge is 0.123 e. The third-order valence-electron chi connectivity index (χ3n) is 2.15. The molecule has 1 heterocycles. The Bertz CT molecular complexity index is 488. The van der Waals surface area contributed by atoms with Crippen molar-refractivity contribution in [2.75, 3.05) is 5.73 Å². The van der Waals surface area contributed by atoms with Gasteiger partial charge in [0, 0.05) is 17.1 Å². The highest BCUT2D eigenvalue weighted by atomic mass is 79.9. The summed E-state index contributed by atoms with van der Waals surface area (Å²) >= 11 is 3.36. The Morgan fingerprint density at radius 2 is 2.20 bits per heavy atom. The number of aryl methyl sites for hydroxylation is 1. The normalized spacial score (nSPS) is 10.6. The summed E-state index contributed by atoms with van der Waals surface area (Å²) in [6.45, 7) is 0. The molecular formula is C10H9BrFN3. The Kier molecular flexibility index (Phi) is 2.48. The zero-order valence-corrected chi connectivity index (χ0v) is 9.62. The van der Waals surface area contributed by atoms with Crippen molar-refractivity contribution >= 4 is 21.6 Å². The summed E-state index contributed by atoms with van der Waals surface area (Å²) in [4.78, 5) is 0. The first-order valence-electron chi connectivity index (χ1n) is 4.32. The summed E-state index contributed by atoms with van der Waals surface area (Å²) in [5.74, 6) is -0.297. The molecule has 0 amide bonds. The van der Waals surface area contributed by atoms with Crippen LogP contribution in [-0.2, 0) is 7.05 Å². The highest BCUT2D eigenvalue weighted by molar-refractivity contribution is 9.10. The topological polar surface area (TPSA) is 43.8 Å². The van der Waals surface area contributed by atoms with Gasteiger partial charge in [-0.15, -0.1) is 0 Å². The summed E-state index contributed by atoms with van der Waals surface area (Å²) < 4.78 is 15.5. The molecule has 1 aromatic heterocycles. The maximum Gasteiger partial charge on any atom is 0.123 e. The Morgan fingerprint density at radius 1 is 1.47 bits per heavy atom. The van der Waals surface area contributed by atoms with Gasteiger partial charge in [0.25, 0.3) is 0 Å². The molecule has 0 bridgehead atoms. The molecular weight excluding hydrogens is 261 g/mol. The van der Waals surface area contributed by atoms with E-state index in [1.807, 2.05) is 0 Å². The van der Waals surface area contributed by atoms with Crippen LogP contribution in [0.2, 0.25) is 0 Å². The van der Waals surface area contributed by atoms with Crippen molar-refractivity contribution in [3.63, 3.8) is 0 Å². The maximum absolute atomic E-state index is 13.1. The molecule has 0 aliphatic carbocycles. The molecule has 1 aromatic carbocycles. The lowest BCUT2D eigenvalue weighted by molar-refractivity contribution is 0.627. The Morgan fingerprint density at radius 3 is 2.80 bits per heavy atom. The van der Waals surface area contributed by atoms with Crippen LogP contribution >= 0.6 is 15.9 Å². The molecule has 5 heteroatoms. The molecule has 2 aromatic rings. The van der Waals surface area contributed by atoms with Crippen LogP contribution < -0.4 is 5.73 Å². The summed E-state index contributed by atoms with van der Waals surface area (Å²) in [6, 6.07) is 4.47. The lowest BCUT2D eigenvalue weighted by atomic mass is 10.1. The number of benzene rings is 1. The van der Waals surface area contributed by atoms with Crippen LogP contribution in [0, 0.1) is 5.82 Å². The molecule has 0 fully saturated rings. The van der Waals surface area contributed by atoms with Gasteiger partial charge in [-0.1, -0.05) is 15.9 Å². The molecule has 0 radical (unpaired) electrons. The number of hydrogen-bond acceptors (Lipinski definition) is 2.